The van der Waals surface area contributed by atoms with Gasteiger partial charge in [0, 0.05) is 29.7 Å². The number of fused-ring (bicyclic) bond motifs is 1. The van der Waals surface area contributed by atoms with E-state index in [0.717, 1.165) is 18.6 Å². The number of anilines is 1. The molecule has 1 saturated carbocycles. The molecule has 5 rings (SSSR count). The lowest BCUT2D eigenvalue weighted by atomic mass is 9.84. The third-order valence-corrected chi connectivity index (χ3v) is 6.20. The molecule has 1 aliphatic carbocycles. The molecule has 3 heterocycles. The van der Waals surface area contributed by atoms with E-state index in [1.807, 2.05) is 0 Å². The third-order valence-electron chi connectivity index (χ3n) is 6.20. The van der Waals surface area contributed by atoms with E-state index in [1.54, 1.807) is 0 Å². The Kier molecular flexibility index (Phi) is 5.76. The number of amidine groups is 1. The molecule has 4 atom stereocenters. The molecule has 34 heavy (non-hydrogen) atoms. The van der Waals surface area contributed by atoms with Crippen LogP contribution in [0.4, 0.5) is 18.9 Å². The second kappa shape index (κ2) is 8.75. The van der Waals surface area contributed by atoms with Gasteiger partial charge in [0.15, 0.2) is 5.54 Å². The molecule has 0 bridgehead atoms. The summed E-state index contributed by atoms with van der Waals surface area (Å²) < 4.78 is 59.3. The van der Waals surface area contributed by atoms with Crippen molar-refractivity contribution in [1.29, 1.82) is 0 Å². The van der Waals surface area contributed by atoms with E-state index >= 15 is 0 Å². The summed E-state index contributed by atoms with van der Waals surface area (Å²) in [7, 11) is 0. The first-order valence-electron chi connectivity index (χ1n) is 10.8. The smallest absolute Gasteiger partial charge is 0.283 e. The summed E-state index contributed by atoms with van der Waals surface area (Å²) >= 11 is 0. The zero-order chi connectivity index (χ0) is 23.9. The fourth-order valence-electron chi connectivity index (χ4n) is 4.33. The maximum absolute atomic E-state index is 14.7. The minimum atomic E-state index is -3.03. The van der Waals surface area contributed by atoms with Crippen LogP contribution >= 0.6 is 0 Å². The highest BCUT2D eigenvalue weighted by Crippen LogP contribution is 2.56. The maximum atomic E-state index is 14.7. The van der Waals surface area contributed by atoms with Crippen LogP contribution in [0.3, 0.4) is 0 Å². The van der Waals surface area contributed by atoms with Gasteiger partial charge < -0.3 is 25.3 Å². The summed E-state index contributed by atoms with van der Waals surface area (Å²) in [5, 5.41) is 2.54. The van der Waals surface area contributed by atoms with Crippen molar-refractivity contribution in [3.05, 3.63) is 47.7 Å². The predicted octanol–water partition coefficient (Wildman–Crippen LogP) is 2.48. The number of aliphatic imine (C=N–C) groups is 1. The van der Waals surface area contributed by atoms with Gasteiger partial charge in [-0.15, -0.1) is 0 Å². The summed E-state index contributed by atoms with van der Waals surface area (Å²) in [5.41, 5.74) is 3.12. The van der Waals surface area contributed by atoms with E-state index in [1.165, 1.54) is 18.5 Å². The lowest BCUT2D eigenvalue weighted by molar-refractivity contribution is 0.0177. The van der Waals surface area contributed by atoms with Crippen LogP contribution < -0.4 is 15.8 Å². The van der Waals surface area contributed by atoms with E-state index < -0.39 is 41.7 Å². The first-order chi connectivity index (χ1) is 16.4. The SMILES string of the molecule is NC1=N[C@@](c2cc(NC(=O)c3cnc(OCC4CCOC4)cn3)ccc2F)(C(F)F)[C@H]2C[C@H]2O1. The second-order valence-corrected chi connectivity index (χ2v) is 8.50. The Bertz CT molecular complexity index is 1110. The highest BCUT2D eigenvalue weighted by atomic mass is 19.3. The van der Waals surface area contributed by atoms with E-state index in [9.17, 15) is 18.0 Å². The van der Waals surface area contributed by atoms with E-state index in [0.29, 0.717) is 19.8 Å². The lowest BCUT2D eigenvalue weighted by Crippen LogP contribution is -2.43. The monoisotopic (exact) mass is 477 g/mol. The average molecular weight is 477 g/mol. The molecule has 1 amide bonds. The van der Waals surface area contributed by atoms with Gasteiger partial charge in [-0.05, 0) is 31.0 Å². The van der Waals surface area contributed by atoms with Crippen molar-refractivity contribution in [2.24, 2.45) is 22.6 Å². The number of carbonyl (C=O) groups is 1. The van der Waals surface area contributed by atoms with Crippen molar-refractivity contribution in [1.82, 2.24) is 9.97 Å². The Labute approximate surface area is 192 Å². The van der Waals surface area contributed by atoms with Crippen molar-refractivity contribution >= 4 is 17.6 Å². The Morgan fingerprint density at radius 2 is 2.18 bits per heavy atom. The normalized spacial score (nSPS) is 27.5. The van der Waals surface area contributed by atoms with Gasteiger partial charge in [0.2, 0.25) is 5.88 Å². The number of ether oxygens (including phenoxy) is 3. The maximum Gasteiger partial charge on any atom is 0.283 e. The summed E-state index contributed by atoms with van der Waals surface area (Å²) in [5.74, 6) is -1.69. The molecule has 2 aromatic rings. The van der Waals surface area contributed by atoms with E-state index in [-0.39, 0.29) is 35.2 Å². The highest BCUT2D eigenvalue weighted by Gasteiger charge is 2.64. The molecule has 1 saturated heterocycles. The van der Waals surface area contributed by atoms with Crippen LogP contribution in [0.15, 0.2) is 35.6 Å². The summed E-state index contributed by atoms with van der Waals surface area (Å²) in [6.07, 6.45) is 0.175. The van der Waals surface area contributed by atoms with Gasteiger partial charge in [0.1, 0.15) is 17.6 Å². The largest absolute Gasteiger partial charge is 0.476 e. The molecule has 180 valence electrons. The van der Waals surface area contributed by atoms with Crippen molar-refractivity contribution in [3.8, 4) is 5.88 Å². The number of benzene rings is 1. The van der Waals surface area contributed by atoms with Crippen molar-refractivity contribution < 1.29 is 32.2 Å². The number of alkyl halides is 2. The van der Waals surface area contributed by atoms with Crippen LogP contribution in [0, 0.1) is 17.7 Å². The van der Waals surface area contributed by atoms with Crippen molar-refractivity contribution in [2.75, 3.05) is 25.1 Å². The van der Waals surface area contributed by atoms with Crippen molar-refractivity contribution in [2.45, 2.75) is 30.9 Å². The Hall–Kier alpha value is -3.41. The predicted molar refractivity (Wildman–Crippen MR) is 113 cm³/mol. The van der Waals surface area contributed by atoms with Gasteiger partial charge in [-0.3, -0.25) is 4.79 Å². The number of hydrogen-bond donors (Lipinski definition) is 2. The number of carbonyl (C=O) groups excluding carboxylic acids is 1. The van der Waals surface area contributed by atoms with E-state index in [4.69, 9.17) is 19.9 Å². The van der Waals surface area contributed by atoms with Crippen molar-refractivity contribution in [3.63, 3.8) is 0 Å². The van der Waals surface area contributed by atoms with Crippen LogP contribution in [0.2, 0.25) is 0 Å². The van der Waals surface area contributed by atoms with Crippen LogP contribution in [0.25, 0.3) is 0 Å². The Morgan fingerprint density at radius 3 is 2.88 bits per heavy atom. The molecule has 9 nitrogen and oxygen atoms in total. The average Bonchev–Trinajstić information content (AvgIpc) is 3.41. The van der Waals surface area contributed by atoms with Crippen LogP contribution in [-0.2, 0) is 15.0 Å². The molecular formula is C22H22F3N5O4. The number of nitrogens with two attached hydrogens (primary N) is 1. The molecule has 0 radical (unpaired) electrons. The molecule has 2 aliphatic heterocycles. The third kappa shape index (κ3) is 4.13. The molecule has 2 fully saturated rings. The molecule has 3 N–H and O–H groups in total. The van der Waals surface area contributed by atoms with Gasteiger partial charge in [-0.25, -0.2) is 28.1 Å². The van der Waals surface area contributed by atoms with Gasteiger partial charge in [0.05, 0.1) is 25.6 Å². The highest BCUT2D eigenvalue weighted by molar-refractivity contribution is 6.02. The number of rotatable bonds is 7. The quantitative estimate of drug-likeness (QED) is 0.629. The topological polar surface area (TPSA) is 121 Å². The van der Waals surface area contributed by atoms with E-state index in [2.05, 4.69) is 20.3 Å². The second-order valence-electron chi connectivity index (χ2n) is 8.50. The molecular weight excluding hydrogens is 455 g/mol. The van der Waals surface area contributed by atoms with Gasteiger partial charge in [-0.1, -0.05) is 0 Å². The van der Waals surface area contributed by atoms with Crippen LogP contribution in [0.5, 0.6) is 5.88 Å². The minimum Gasteiger partial charge on any atom is -0.476 e. The Morgan fingerprint density at radius 1 is 1.32 bits per heavy atom. The molecule has 0 spiro atoms. The lowest BCUT2D eigenvalue weighted by Gasteiger charge is -2.33. The summed E-state index contributed by atoms with van der Waals surface area (Å²) in [6.45, 7) is 1.77. The number of aromatic nitrogens is 2. The van der Waals surface area contributed by atoms with Gasteiger partial charge in [0.25, 0.3) is 18.4 Å². The molecule has 1 unspecified atom stereocenters. The van der Waals surface area contributed by atoms with Crippen LogP contribution in [0.1, 0.15) is 28.9 Å². The molecule has 1 aromatic heterocycles. The number of halogens is 3. The molecule has 12 heteroatoms. The molecule has 1 aromatic carbocycles. The fraction of sp³-hybridized carbons (Fsp3) is 0.455. The summed E-state index contributed by atoms with van der Waals surface area (Å²) in [4.78, 5) is 24.6. The number of hydrogen-bond acceptors (Lipinski definition) is 8. The minimum absolute atomic E-state index is 0.0263. The first-order valence-corrected chi connectivity index (χ1v) is 10.8. The number of nitrogens with one attached hydrogen (secondary N) is 1. The number of amides is 1. The fourth-order valence-corrected chi connectivity index (χ4v) is 4.33. The molecule has 3 aliphatic rings. The summed E-state index contributed by atoms with van der Waals surface area (Å²) in [6, 6.07) is 3.00. The number of nitrogens with zero attached hydrogens (tertiary/aromatic N) is 3. The zero-order valence-corrected chi connectivity index (χ0v) is 17.9. The van der Waals surface area contributed by atoms with Crippen LogP contribution in [-0.4, -0.2) is 54.2 Å². The standard InChI is InChI=1S/C22H22F3N5O4/c23-15-2-1-12(5-13(15)22(20(24)25)14-6-17(14)34-21(26)30-22)29-19(31)16-7-28-18(8-27-16)33-10-11-3-4-32-9-11/h1-2,5,7-8,11,14,17,20H,3-4,6,9-10H2,(H2,26,30)(H,29,31)/t11?,14-,17+,22+/m0/s1. The van der Waals surface area contributed by atoms with Gasteiger partial charge >= 0.3 is 0 Å². The Balaban J connectivity index is 1.32. The van der Waals surface area contributed by atoms with Gasteiger partial charge in [-0.2, -0.15) is 0 Å². The zero-order valence-electron chi connectivity index (χ0n) is 17.9. The first kappa shape index (κ1) is 22.4.